The lowest BCUT2D eigenvalue weighted by atomic mass is 9.96. The van der Waals surface area contributed by atoms with Gasteiger partial charge in [0.1, 0.15) is 5.60 Å². The first-order chi connectivity index (χ1) is 11.8. The molecule has 0 aliphatic carbocycles. The number of ether oxygens (including phenoxy) is 2. The average molecular weight is 350 g/mol. The molecule has 1 aromatic rings. The molecule has 25 heavy (non-hydrogen) atoms. The molecule has 1 amide bonds. The molecule has 1 atom stereocenters. The van der Waals surface area contributed by atoms with Gasteiger partial charge < -0.3 is 19.5 Å². The van der Waals surface area contributed by atoms with Crippen LogP contribution >= 0.6 is 0 Å². The molecular formula is C18H26N2O5. The molecule has 138 valence electrons. The number of methoxy groups -OCH3 is 1. The highest BCUT2D eigenvalue weighted by Crippen LogP contribution is 2.25. The van der Waals surface area contributed by atoms with Crippen molar-refractivity contribution in [1.82, 2.24) is 9.80 Å². The van der Waals surface area contributed by atoms with Crippen LogP contribution in [0.25, 0.3) is 0 Å². The summed E-state index contributed by atoms with van der Waals surface area (Å²) in [6, 6.07) is 6.86. The van der Waals surface area contributed by atoms with Crippen LogP contribution in [0.3, 0.4) is 0 Å². The highest BCUT2D eigenvalue weighted by Gasteiger charge is 2.39. The molecule has 0 bridgehead atoms. The van der Waals surface area contributed by atoms with E-state index >= 15 is 0 Å². The maximum Gasteiger partial charge on any atom is 0.335 e. The van der Waals surface area contributed by atoms with Gasteiger partial charge in [0.25, 0.3) is 0 Å². The van der Waals surface area contributed by atoms with Gasteiger partial charge in [-0.05, 0) is 17.7 Å². The Bertz CT molecular complexity index is 598. The fraction of sp³-hybridized carbons (Fsp3) is 0.556. The SMILES string of the molecule is COC[C@]1(CC(=O)N(C)C)CN(Cc2ccc(C(=O)O)cc2)CCO1. The lowest BCUT2D eigenvalue weighted by molar-refractivity contribution is -0.160. The van der Waals surface area contributed by atoms with E-state index in [4.69, 9.17) is 14.6 Å². The van der Waals surface area contributed by atoms with E-state index in [0.717, 1.165) is 12.1 Å². The number of aromatic carboxylic acids is 1. The predicted molar refractivity (Wildman–Crippen MR) is 92.5 cm³/mol. The number of morpholine rings is 1. The quantitative estimate of drug-likeness (QED) is 0.793. The molecule has 0 saturated carbocycles. The first-order valence-electron chi connectivity index (χ1n) is 8.23. The van der Waals surface area contributed by atoms with Crippen molar-refractivity contribution >= 4 is 11.9 Å². The Balaban J connectivity index is 2.06. The molecule has 1 N–H and O–H groups in total. The van der Waals surface area contributed by atoms with Gasteiger partial charge in [-0.1, -0.05) is 12.1 Å². The van der Waals surface area contributed by atoms with Crippen LogP contribution in [0.4, 0.5) is 0 Å². The average Bonchev–Trinajstić information content (AvgIpc) is 2.55. The van der Waals surface area contributed by atoms with Crippen molar-refractivity contribution in [1.29, 1.82) is 0 Å². The summed E-state index contributed by atoms with van der Waals surface area (Å²) < 4.78 is 11.3. The topological polar surface area (TPSA) is 79.3 Å². The van der Waals surface area contributed by atoms with Gasteiger partial charge in [-0.2, -0.15) is 0 Å². The fourth-order valence-electron chi connectivity index (χ4n) is 3.01. The van der Waals surface area contributed by atoms with E-state index < -0.39 is 11.6 Å². The fourth-order valence-corrected chi connectivity index (χ4v) is 3.01. The Morgan fingerprint density at radius 1 is 1.32 bits per heavy atom. The molecule has 1 aliphatic heterocycles. The van der Waals surface area contributed by atoms with Crippen molar-refractivity contribution in [3.8, 4) is 0 Å². The Labute approximate surface area is 148 Å². The normalized spacial score (nSPS) is 21.1. The predicted octanol–water partition coefficient (Wildman–Crippen LogP) is 1.08. The molecule has 0 spiro atoms. The summed E-state index contributed by atoms with van der Waals surface area (Å²) in [5.41, 5.74) is 0.642. The van der Waals surface area contributed by atoms with E-state index in [0.29, 0.717) is 26.3 Å². The Morgan fingerprint density at radius 3 is 2.56 bits per heavy atom. The summed E-state index contributed by atoms with van der Waals surface area (Å²) in [6.45, 7) is 2.88. The standard InChI is InChI=1S/C18H26N2O5/c1-19(2)16(21)10-18(13-24-3)12-20(8-9-25-18)11-14-4-6-15(7-5-14)17(22)23/h4-7H,8-13H2,1-3H3,(H,22,23)/t18-/m0/s1. The zero-order valence-corrected chi connectivity index (χ0v) is 15.0. The largest absolute Gasteiger partial charge is 0.478 e. The number of hydrogen-bond donors (Lipinski definition) is 1. The second-order valence-electron chi connectivity index (χ2n) is 6.64. The van der Waals surface area contributed by atoms with E-state index in [1.54, 1.807) is 38.2 Å². The maximum atomic E-state index is 12.2. The first kappa shape index (κ1) is 19.4. The molecule has 7 nitrogen and oxygen atoms in total. The lowest BCUT2D eigenvalue weighted by Crippen LogP contribution is -2.55. The van der Waals surface area contributed by atoms with E-state index in [-0.39, 0.29) is 17.9 Å². The lowest BCUT2D eigenvalue weighted by Gasteiger charge is -2.42. The van der Waals surface area contributed by atoms with Gasteiger partial charge in [-0.3, -0.25) is 9.69 Å². The van der Waals surface area contributed by atoms with Crippen molar-refractivity contribution < 1.29 is 24.2 Å². The summed E-state index contributed by atoms with van der Waals surface area (Å²) in [4.78, 5) is 26.9. The monoisotopic (exact) mass is 350 g/mol. The minimum Gasteiger partial charge on any atom is -0.478 e. The van der Waals surface area contributed by atoms with Crippen LogP contribution < -0.4 is 0 Å². The Kier molecular flexibility index (Phi) is 6.52. The number of hydrogen-bond acceptors (Lipinski definition) is 5. The highest BCUT2D eigenvalue weighted by atomic mass is 16.5. The number of carbonyl (C=O) groups is 2. The molecule has 2 rings (SSSR count). The second-order valence-corrected chi connectivity index (χ2v) is 6.64. The molecule has 1 fully saturated rings. The molecule has 1 heterocycles. The smallest absolute Gasteiger partial charge is 0.335 e. The number of carbonyl (C=O) groups excluding carboxylic acids is 1. The summed E-state index contributed by atoms with van der Waals surface area (Å²) in [7, 11) is 5.07. The number of carboxylic acid groups (broad SMARTS) is 1. The molecule has 0 radical (unpaired) electrons. The van der Waals surface area contributed by atoms with Crippen LogP contribution in [0.15, 0.2) is 24.3 Å². The van der Waals surface area contributed by atoms with Crippen LogP contribution in [0.2, 0.25) is 0 Å². The van der Waals surface area contributed by atoms with Gasteiger partial charge >= 0.3 is 5.97 Å². The Morgan fingerprint density at radius 2 is 2.00 bits per heavy atom. The van der Waals surface area contributed by atoms with E-state index in [9.17, 15) is 9.59 Å². The molecule has 1 aromatic carbocycles. The van der Waals surface area contributed by atoms with Crippen molar-refractivity contribution in [2.45, 2.75) is 18.6 Å². The highest BCUT2D eigenvalue weighted by molar-refractivity contribution is 5.87. The summed E-state index contributed by atoms with van der Waals surface area (Å²) in [6.07, 6.45) is 0.266. The summed E-state index contributed by atoms with van der Waals surface area (Å²) >= 11 is 0. The van der Waals surface area contributed by atoms with Gasteiger partial charge in [0.15, 0.2) is 0 Å². The third-order valence-electron chi connectivity index (χ3n) is 4.31. The molecule has 0 unspecified atom stereocenters. The zero-order chi connectivity index (χ0) is 18.4. The van der Waals surface area contributed by atoms with Gasteiger partial charge in [-0.15, -0.1) is 0 Å². The molecule has 1 saturated heterocycles. The first-order valence-corrected chi connectivity index (χ1v) is 8.23. The van der Waals surface area contributed by atoms with Crippen LogP contribution in [-0.4, -0.2) is 79.9 Å². The van der Waals surface area contributed by atoms with Crippen molar-refractivity contribution in [2.75, 3.05) is 47.5 Å². The van der Waals surface area contributed by atoms with Crippen LogP contribution in [0.1, 0.15) is 22.3 Å². The van der Waals surface area contributed by atoms with Crippen LogP contribution in [0.5, 0.6) is 0 Å². The van der Waals surface area contributed by atoms with Crippen molar-refractivity contribution in [2.24, 2.45) is 0 Å². The number of nitrogens with zero attached hydrogens (tertiary/aromatic N) is 2. The maximum absolute atomic E-state index is 12.2. The molecule has 1 aliphatic rings. The van der Waals surface area contributed by atoms with E-state index in [1.807, 2.05) is 12.1 Å². The van der Waals surface area contributed by atoms with Gasteiger partial charge in [-0.25, -0.2) is 4.79 Å². The van der Waals surface area contributed by atoms with Crippen molar-refractivity contribution in [3.63, 3.8) is 0 Å². The number of amides is 1. The Hall–Kier alpha value is -1.96. The number of carboxylic acids is 1. The number of rotatable bonds is 7. The summed E-state index contributed by atoms with van der Waals surface area (Å²) in [5, 5.41) is 8.98. The van der Waals surface area contributed by atoms with Gasteiger partial charge in [0.2, 0.25) is 5.91 Å². The van der Waals surface area contributed by atoms with Crippen LogP contribution in [0, 0.1) is 0 Å². The van der Waals surface area contributed by atoms with Crippen LogP contribution in [-0.2, 0) is 20.8 Å². The third-order valence-corrected chi connectivity index (χ3v) is 4.31. The number of benzene rings is 1. The third kappa shape index (κ3) is 5.26. The molecule has 0 aromatic heterocycles. The minimum absolute atomic E-state index is 0.00436. The van der Waals surface area contributed by atoms with Gasteiger partial charge in [0.05, 0.1) is 25.2 Å². The second kappa shape index (κ2) is 8.42. The van der Waals surface area contributed by atoms with E-state index in [1.165, 1.54) is 0 Å². The minimum atomic E-state index is -0.931. The van der Waals surface area contributed by atoms with Crippen molar-refractivity contribution in [3.05, 3.63) is 35.4 Å². The van der Waals surface area contributed by atoms with Gasteiger partial charge in [0, 0.05) is 40.8 Å². The summed E-state index contributed by atoms with van der Waals surface area (Å²) in [5.74, 6) is -0.927. The van der Waals surface area contributed by atoms with E-state index in [2.05, 4.69) is 4.90 Å². The zero-order valence-electron chi connectivity index (χ0n) is 15.0. The molecule has 7 heteroatoms. The molecular weight excluding hydrogens is 324 g/mol.